The van der Waals surface area contributed by atoms with E-state index in [9.17, 15) is 5.11 Å². The highest BCUT2D eigenvalue weighted by atomic mass is 16.5. The van der Waals surface area contributed by atoms with Crippen molar-refractivity contribution in [2.45, 2.75) is 83.5 Å². The zero-order valence-corrected chi connectivity index (χ0v) is 24.5. The lowest BCUT2D eigenvalue weighted by atomic mass is 9.70. The normalized spacial score (nSPS) is 13.2. The standard InChI is InChI=1S/C38H44O2/c1-4-6-8-12-24-38(25-13-9-7-5-2)35-26-29(28-16-20-31(40-3)21-17-28)18-22-33(35)34-23-19-30(27-36(34)38)32-14-10-11-15-37(32)39/h10-11,14-23,26-27,39H,4-9,12-13,24-25H2,1-3H3. The number of aromatic hydroxyl groups is 1. The number of phenols is 1. The smallest absolute Gasteiger partial charge is 0.123 e. The van der Waals surface area contributed by atoms with Crippen LogP contribution in [0.15, 0.2) is 84.9 Å². The number of phenolic OH excluding ortho intramolecular Hbond substituents is 1. The molecular weight excluding hydrogens is 488 g/mol. The second kappa shape index (κ2) is 12.8. The molecule has 5 rings (SSSR count). The summed E-state index contributed by atoms with van der Waals surface area (Å²) in [6.45, 7) is 4.58. The van der Waals surface area contributed by atoms with Crippen LogP contribution in [0.4, 0.5) is 0 Å². The van der Waals surface area contributed by atoms with Crippen molar-refractivity contribution in [3.05, 3.63) is 96.1 Å². The fourth-order valence-electron chi connectivity index (χ4n) is 6.71. The summed E-state index contributed by atoms with van der Waals surface area (Å²) < 4.78 is 5.42. The van der Waals surface area contributed by atoms with Crippen LogP contribution >= 0.6 is 0 Å². The Labute approximate surface area is 241 Å². The maximum Gasteiger partial charge on any atom is 0.123 e. The molecule has 0 atom stereocenters. The van der Waals surface area contributed by atoms with Gasteiger partial charge in [-0.05, 0) is 82.1 Å². The lowest BCUT2D eigenvalue weighted by molar-refractivity contribution is 0.401. The summed E-state index contributed by atoms with van der Waals surface area (Å²) in [4.78, 5) is 0. The molecule has 4 aromatic carbocycles. The molecule has 40 heavy (non-hydrogen) atoms. The summed E-state index contributed by atoms with van der Waals surface area (Å²) in [6, 6.07) is 30.2. The Bertz CT molecular complexity index is 1400. The summed E-state index contributed by atoms with van der Waals surface area (Å²) in [5.74, 6) is 1.23. The highest BCUT2D eigenvalue weighted by molar-refractivity contribution is 5.86. The summed E-state index contributed by atoms with van der Waals surface area (Å²) in [5.41, 5.74) is 10.2. The number of ether oxygens (including phenoxy) is 1. The quantitative estimate of drug-likeness (QED) is 0.174. The first kappa shape index (κ1) is 28.0. The number of fused-ring (bicyclic) bond motifs is 3. The van der Waals surface area contributed by atoms with Gasteiger partial charge >= 0.3 is 0 Å². The molecule has 1 N–H and O–H groups in total. The van der Waals surface area contributed by atoms with Crippen LogP contribution in [-0.2, 0) is 5.41 Å². The Morgan fingerprint density at radius 3 is 1.70 bits per heavy atom. The number of methoxy groups -OCH3 is 1. The van der Waals surface area contributed by atoms with Crippen LogP contribution in [0.3, 0.4) is 0 Å². The SMILES string of the molecule is CCCCCCC1(CCCCCC)c2cc(-c3ccc(OC)cc3)ccc2-c2ccc(-c3ccccc3O)cc21. The van der Waals surface area contributed by atoms with E-state index in [-0.39, 0.29) is 5.41 Å². The first-order valence-corrected chi connectivity index (χ1v) is 15.3. The Kier molecular flexibility index (Phi) is 8.94. The largest absolute Gasteiger partial charge is 0.507 e. The maximum atomic E-state index is 10.7. The van der Waals surface area contributed by atoms with Gasteiger partial charge in [0.2, 0.25) is 0 Å². The van der Waals surface area contributed by atoms with Crippen molar-refractivity contribution in [2.24, 2.45) is 0 Å². The van der Waals surface area contributed by atoms with Gasteiger partial charge in [0.05, 0.1) is 7.11 Å². The molecule has 1 aliphatic carbocycles. The monoisotopic (exact) mass is 532 g/mol. The first-order chi connectivity index (χ1) is 19.6. The van der Waals surface area contributed by atoms with Crippen LogP contribution < -0.4 is 4.74 Å². The summed E-state index contributed by atoms with van der Waals surface area (Å²) >= 11 is 0. The zero-order chi connectivity index (χ0) is 28.0. The van der Waals surface area contributed by atoms with Crippen molar-refractivity contribution in [1.29, 1.82) is 0 Å². The molecule has 4 aromatic rings. The molecule has 0 saturated carbocycles. The van der Waals surface area contributed by atoms with E-state index < -0.39 is 0 Å². The van der Waals surface area contributed by atoms with Crippen LogP contribution in [0, 0.1) is 0 Å². The molecule has 0 aromatic heterocycles. The van der Waals surface area contributed by atoms with Crippen molar-refractivity contribution in [3.8, 4) is 44.9 Å². The van der Waals surface area contributed by atoms with Crippen molar-refractivity contribution >= 4 is 0 Å². The topological polar surface area (TPSA) is 29.5 Å². The van der Waals surface area contributed by atoms with Gasteiger partial charge in [-0.3, -0.25) is 0 Å². The molecule has 0 spiro atoms. The van der Waals surface area contributed by atoms with Crippen molar-refractivity contribution in [2.75, 3.05) is 7.11 Å². The summed E-state index contributed by atoms with van der Waals surface area (Å²) in [5, 5.41) is 10.7. The third-order valence-electron chi connectivity index (χ3n) is 8.91. The van der Waals surface area contributed by atoms with Crippen molar-refractivity contribution in [3.63, 3.8) is 0 Å². The molecular formula is C38H44O2. The van der Waals surface area contributed by atoms with Crippen LogP contribution in [0.1, 0.15) is 89.2 Å². The predicted molar refractivity (Wildman–Crippen MR) is 169 cm³/mol. The van der Waals surface area contributed by atoms with E-state index >= 15 is 0 Å². The first-order valence-electron chi connectivity index (χ1n) is 15.3. The van der Waals surface area contributed by atoms with Crippen LogP contribution in [0.25, 0.3) is 33.4 Å². The minimum absolute atomic E-state index is 0.0188. The van der Waals surface area contributed by atoms with Crippen molar-refractivity contribution < 1.29 is 9.84 Å². The van der Waals surface area contributed by atoms with Gasteiger partial charge in [-0.15, -0.1) is 0 Å². The van der Waals surface area contributed by atoms with E-state index in [0.29, 0.717) is 5.75 Å². The van der Waals surface area contributed by atoms with E-state index in [1.165, 1.54) is 84.7 Å². The van der Waals surface area contributed by atoms with Crippen LogP contribution in [0.5, 0.6) is 11.5 Å². The predicted octanol–water partition coefficient (Wildman–Crippen LogP) is 10.9. The molecule has 0 heterocycles. The molecule has 2 nitrogen and oxygen atoms in total. The van der Waals surface area contributed by atoms with E-state index in [1.54, 1.807) is 13.2 Å². The second-order valence-corrected chi connectivity index (χ2v) is 11.5. The second-order valence-electron chi connectivity index (χ2n) is 11.5. The Morgan fingerprint density at radius 2 is 1.12 bits per heavy atom. The Morgan fingerprint density at radius 1 is 0.575 bits per heavy atom. The van der Waals surface area contributed by atoms with Crippen molar-refractivity contribution in [1.82, 2.24) is 0 Å². The van der Waals surface area contributed by atoms with E-state index in [1.807, 2.05) is 18.2 Å². The number of benzene rings is 4. The highest BCUT2D eigenvalue weighted by Gasteiger charge is 2.42. The molecule has 0 unspecified atom stereocenters. The average Bonchev–Trinajstić information content (AvgIpc) is 3.26. The Hall–Kier alpha value is -3.52. The van der Waals surface area contributed by atoms with E-state index in [4.69, 9.17) is 4.74 Å². The molecule has 0 fully saturated rings. The van der Waals surface area contributed by atoms with Crippen LogP contribution in [-0.4, -0.2) is 12.2 Å². The van der Waals surface area contributed by atoms with Gasteiger partial charge in [-0.1, -0.05) is 120 Å². The summed E-state index contributed by atoms with van der Waals surface area (Å²) in [7, 11) is 1.72. The van der Waals surface area contributed by atoms with Gasteiger partial charge < -0.3 is 9.84 Å². The van der Waals surface area contributed by atoms with Gasteiger partial charge in [0.1, 0.15) is 11.5 Å². The van der Waals surface area contributed by atoms with Gasteiger partial charge in [0, 0.05) is 11.0 Å². The lowest BCUT2D eigenvalue weighted by Gasteiger charge is -2.33. The maximum absolute atomic E-state index is 10.7. The average molecular weight is 533 g/mol. The number of hydrogen-bond donors (Lipinski definition) is 1. The highest BCUT2D eigenvalue weighted by Crippen LogP contribution is 2.56. The number of para-hydroxylation sites is 1. The third-order valence-corrected chi connectivity index (χ3v) is 8.91. The van der Waals surface area contributed by atoms with Crippen LogP contribution in [0.2, 0.25) is 0 Å². The fourth-order valence-corrected chi connectivity index (χ4v) is 6.71. The van der Waals surface area contributed by atoms with Gasteiger partial charge in [0.25, 0.3) is 0 Å². The van der Waals surface area contributed by atoms with Gasteiger partial charge in [-0.2, -0.15) is 0 Å². The van der Waals surface area contributed by atoms with Gasteiger partial charge in [-0.25, -0.2) is 0 Å². The number of rotatable bonds is 13. The van der Waals surface area contributed by atoms with Gasteiger partial charge in [0.15, 0.2) is 0 Å². The molecule has 2 heteroatoms. The summed E-state index contributed by atoms with van der Waals surface area (Å²) in [6.07, 6.45) is 12.4. The number of unbranched alkanes of at least 4 members (excludes halogenated alkanes) is 6. The molecule has 0 saturated heterocycles. The van der Waals surface area contributed by atoms with E-state index in [2.05, 4.69) is 74.5 Å². The third kappa shape index (κ3) is 5.55. The molecule has 0 aliphatic heterocycles. The fraction of sp³-hybridized carbons (Fsp3) is 0.368. The molecule has 208 valence electrons. The van der Waals surface area contributed by atoms with E-state index in [0.717, 1.165) is 29.7 Å². The Balaban J connectivity index is 1.65. The minimum Gasteiger partial charge on any atom is -0.507 e. The molecule has 0 bridgehead atoms. The zero-order valence-electron chi connectivity index (χ0n) is 24.5. The number of hydrogen-bond acceptors (Lipinski definition) is 2. The minimum atomic E-state index is -0.0188. The lowest BCUT2D eigenvalue weighted by Crippen LogP contribution is -2.25. The molecule has 1 aliphatic rings. The molecule has 0 radical (unpaired) electrons. The molecule has 0 amide bonds.